The Morgan fingerprint density at radius 3 is 1.12 bits per heavy atom. The van der Waals surface area contributed by atoms with Gasteiger partial charge in [0.25, 0.3) is 0 Å². The van der Waals surface area contributed by atoms with Gasteiger partial charge in [-0.25, -0.2) is 9.59 Å². The fourth-order valence-electron chi connectivity index (χ4n) is 7.39. The summed E-state index contributed by atoms with van der Waals surface area (Å²) in [6.07, 6.45) is 12.5. The SMILES string of the molecule is CC(Br)C(=O)OC(C)(C)C.CC(C(=O)N1CCN(C)CC1)n1cc(N)cn1.CC(C(=O)N1CCN(C)CC1)n1cc([N+](=O)[O-])cn1.CC(C(=O)O)n1cc([N+](=O)[O-])cn1.CC(C(=O)OC(C)(C)C)n1cc([N+](=O)[O-])cn1.CN1CCNCC1.CO.O=[N+]([O-])c1cn[nH]c1. The second kappa shape index (κ2) is 40.1. The minimum absolute atomic E-state index is 0.00926. The number of halogens is 1. The number of aromatic nitrogens is 10. The summed E-state index contributed by atoms with van der Waals surface area (Å²) in [5.41, 5.74) is 4.74. The molecule has 8 heterocycles. The predicted molar refractivity (Wildman–Crippen MR) is 342 cm³/mol. The molecular formula is C54H90BrN21O17. The van der Waals surface area contributed by atoms with E-state index in [1.165, 1.54) is 48.0 Å². The molecule has 93 heavy (non-hydrogen) atoms. The number of rotatable bonds is 13. The van der Waals surface area contributed by atoms with Gasteiger partial charge in [-0.05, 0) is 97.3 Å². The van der Waals surface area contributed by atoms with Gasteiger partial charge in [0.05, 0.1) is 37.8 Å². The summed E-state index contributed by atoms with van der Waals surface area (Å²) < 4.78 is 15.4. The Morgan fingerprint density at radius 2 is 0.860 bits per heavy atom. The molecule has 2 amide bonds. The third-order valence-corrected chi connectivity index (χ3v) is 13.2. The molecule has 3 aliphatic rings. The molecule has 0 aliphatic carbocycles. The number of hydrogen-bond acceptors (Lipinski definition) is 26. The third kappa shape index (κ3) is 31.3. The number of aliphatic carboxylic acids is 1. The number of H-pyrrole nitrogens is 1. The highest BCUT2D eigenvalue weighted by molar-refractivity contribution is 9.10. The summed E-state index contributed by atoms with van der Waals surface area (Å²) in [6, 6.07) is -2.38. The number of nitrogen functional groups attached to an aromatic ring is 1. The van der Waals surface area contributed by atoms with E-state index in [2.05, 4.69) is 80.6 Å². The van der Waals surface area contributed by atoms with Gasteiger partial charge in [0.2, 0.25) is 11.8 Å². The molecule has 8 rings (SSSR count). The van der Waals surface area contributed by atoms with E-state index in [4.69, 9.17) is 25.4 Å². The van der Waals surface area contributed by atoms with Crippen LogP contribution >= 0.6 is 15.9 Å². The van der Waals surface area contributed by atoms with Crippen molar-refractivity contribution >= 4 is 74.1 Å². The smallest absolute Gasteiger partial charge is 0.331 e. The molecule has 5 aromatic heterocycles. The van der Waals surface area contributed by atoms with Crippen molar-refractivity contribution in [3.05, 3.63) is 102 Å². The van der Waals surface area contributed by atoms with E-state index in [9.17, 15) is 64.4 Å². The van der Waals surface area contributed by atoms with E-state index in [1.54, 1.807) is 63.5 Å². The number of aromatic amines is 1. The Bertz CT molecular complexity index is 3100. The van der Waals surface area contributed by atoms with Crippen molar-refractivity contribution in [2.24, 2.45) is 0 Å². The Morgan fingerprint density at radius 1 is 0.527 bits per heavy atom. The highest BCUT2D eigenvalue weighted by Gasteiger charge is 2.29. The number of aliphatic hydroxyl groups is 1. The molecule has 38 nitrogen and oxygen atoms in total. The normalized spacial score (nSPS) is 15.7. The number of piperazine rings is 3. The van der Waals surface area contributed by atoms with Crippen LogP contribution in [0.2, 0.25) is 0 Å². The summed E-state index contributed by atoms with van der Waals surface area (Å²) in [5, 5.41) is 80.9. The van der Waals surface area contributed by atoms with Gasteiger partial charge >= 0.3 is 40.7 Å². The third-order valence-electron chi connectivity index (χ3n) is 12.8. The van der Waals surface area contributed by atoms with Gasteiger partial charge in [-0.3, -0.25) is 78.7 Å². The fraction of sp³-hybridized carbons (Fsp3) is 0.630. The van der Waals surface area contributed by atoms with Crippen molar-refractivity contribution in [1.82, 2.24) is 79.1 Å². The zero-order valence-corrected chi connectivity index (χ0v) is 56.8. The number of nitrogens with one attached hydrogen (secondary N) is 2. The van der Waals surface area contributed by atoms with Crippen LogP contribution in [0.5, 0.6) is 0 Å². The molecule has 5 aromatic rings. The number of nitrogens with two attached hydrogens (primary N) is 1. The van der Waals surface area contributed by atoms with Crippen LogP contribution in [-0.2, 0) is 33.4 Å². The first kappa shape index (κ1) is 82.1. The van der Waals surface area contributed by atoms with Crippen LogP contribution in [0.25, 0.3) is 0 Å². The Hall–Kier alpha value is -8.92. The van der Waals surface area contributed by atoms with E-state index >= 15 is 0 Å². The lowest BCUT2D eigenvalue weighted by atomic mass is 10.2. The second-order valence-electron chi connectivity index (χ2n) is 22.8. The molecule has 3 aliphatic heterocycles. The summed E-state index contributed by atoms with van der Waals surface area (Å²) in [6.45, 7) is 30.3. The maximum Gasteiger partial charge on any atom is 0.331 e. The largest absolute Gasteiger partial charge is 0.480 e. The molecule has 0 spiro atoms. The number of hydrogen-bond donors (Lipinski definition) is 5. The van der Waals surface area contributed by atoms with Crippen LogP contribution in [0, 0.1) is 40.5 Å². The lowest BCUT2D eigenvalue weighted by Gasteiger charge is -2.33. The zero-order chi connectivity index (χ0) is 71.1. The quantitative estimate of drug-likeness (QED) is 0.0486. The number of aliphatic hydroxyl groups excluding tert-OH is 1. The number of carbonyl (C=O) groups excluding carboxylic acids is 4. The molecule has 0 aromatic carbocycles. The first-order chi connectivity index (χ1) is 43.3. The highest BCUT2D eigenvalue weighted by Crippen LogP contribution is 2.20. The number of amides is 2. The molecule has 5 atom stereocenters. The molecule has 520 valence electrons. The van der Waals surface area contributed by atoms with Crippen LogP contribution in [-0.4, -0.2) is 256 Å². The maximum absolute atomic E-state index is 12.3. The van der Waals surface area contributed by atoms with Crippen LogP contribution in [0.1, 0.15) is 100 Å². The van der Waals surface area contributed by atoms with Crippen LogP contribution in [0.3, 0.4) is 0 Å². The molecule has 0 saturated carbocycles. The van der Waals surface area contributed by atoms with Gasteiger partial charge < -0.3 is 55.2 Å². The molecule has 0 bridgehead atoms. The average Bonchev–Trinajstić information content (AvgIpc) is 1.92. The first-order valence-electron chi connectivity index (χ1n) is 28.9. The number of likely N-dealkylation sites (N-methyl/N-ethyl adjacent to an activating group) is 3. The number of nitro groups is 4. The summed E-state index contributed by atoms with van der Waals surface area (Å²) in [4.78, 5) is 107. The van der Waals surface area contributed by atoms with E-state index in [-0.39, 0.29) is 57.0 Å². The molecule has 0 radical (unpaired) electrons. The lowest BCUT2D eigenvalue weighted by Crippen LogP contribution is -2.49. The van der Waals surface area contributed by atoms with E-state index < -0.39 is 55.4 Å². The van der Waals surface area contributed by atoms with E-state index in [0.29, 0.717) is 18.8 Å². The van der Waals surface area contributed by atoms with Crippen molar-refractivity contribution in [1.29, 1.82) is 0 Å². The molecule has 6 N–H and O–H groups in total. The predicted octanol–water partition coefficient (Wildman–Crippen LogP) is 3.62. The van der Waals surface area contributed by atoms with Crippen LogP contribution < -0.4 is 11.1 Å². The highest BCUT2D eigenvalue weighted by atomic mass is 79.9. The van der Waals surface area contributed by atoms with Gasteiger partial charge in [0.15, 0.2) is 0 Å². The Balaban J connectivity index is 0.000000553. The number of esters is 2. The van der Waals surface area contributed by atoms with Gasteiger partial charge in [-0.15, -0.1) is 0 Å². The summed E-state index contributed by atoms with van der Waals surface area (Å²) in [7, 11) is 7.24. The number of carboxylic acid groups (broad SMARTS) is 1. The number of alkyl halides is 1. The van der Waals surface area contributed by atoms with Gasteiger partial charge in [-0.1, -0.05) is 15.9 Å². The first-order valence-corrected chi connectivity index (χ1v) is 29.8. The van der Waals surface area contributed by atoms with E-state index in [1.807, 2.05) is 39.6 Å². The minimum Gasteiger partial charge on any atom is -0.480 e. The Labute approximate surface area is 546 Å². The average molecular weight is 1390 g/mol. The van der Waals surface area contributed by atoms with Crippen molar-refractivity contribution < 1.29 is 63.4 Å². The summed E-state index contributed by atoms with van der Waals surface area (Å²) in [5.74, 6) is -1.71. The van der Waals surface area contributed by atoms with Crippen LogP contribution in [0.15, 0.2) is 62.0 Å². The Kier molecular flexibility index (Phi) is 35.4. The number of carbonyl (C=O) groups is 5. The monoisotopic (exact) mass is 1380 g/mol. The lowest BCUT2D eigenvalue weighted by molar-refractivity contribution is -0.385. The van der Waals surface area contributed by atoms with Gasteiger partial charge in [0.1, 0.15) is 83.6 Å². The molecule has 39 heteroatoms. The van der Waals surface area contributed by atoms with Gasteiger partial charge in [0, 0.05) is 91.8 Å². The van der Waals surface area contributed by atoms with Gasteiger partial charge in [-0.2, -0.15) is 25.5 Å². The number of anilines is 1. The number of nitrogens with zero attached hydrogens (tertiary/aromatic N) is 18. The maximum atomic E-state index is 12.3. The molecule has 5 unspecified atom stereocenters. The number of carboxylic acids is 1. The minimum atomic E-state index is -1.09. The van der Waals surface area contributed by atoms with Crippen LogP contribution in [0.4, 0.5) is 28.4 Å². The fourth-order valence-corrected chi connectivity index (χ4v) is 7.48. The topological polar surface area (TPSA) is 471 Å². The van der Waals surface area contributed by atoms with Crippen molar-refractivity contribution in [2.75, 3.05) is 113 Å². The standard InChI is InChI=1S/C11H17N5O3.C11H19N5O.C10H15N3O4.C7H13BrO2.C6H7N3O4.C5H12N2.C3H3N3O2.CH4O/c1-9(15-8-10(7-12-15)16(18)19)11(17)14-5-3-13(2)4-6-14;1-9(16-8-10(12)7-13-16)11(17)15-5-3-14(2)4-6-15;1-7(9(14)17-10(2,3)4)12-6-8(5-11-12)13(15)16;1-5(8)6(9)10-7(2,3)4;1-4(6(10)11)8-3-5(2-7-8)9(12)13;1-7-4-2-6-3-5-7;7-6(8)3-1-4-5-2-3;1-2/h7-9H,3-6H2,1-2H3;7-9H,3-6,12H2,1-2H3;5-7H,1-4H3;5H,1-4H3;2-4H,1H3,(H,10,11);6H,2-5H2,1H3;1-2H,(H,4,5);2H,1H3. The molecule has 3 fully saturated rings. The molecular weight excluding hydrogens is 1290 g/mol. The molecule has 3 saturated heterocycles. The van der Waals surface area contributed by atoms with Crippen molar-refractivity contribution in [2.45, 2.75) is 116 Å². The second-order valence-corrected chi connectivity index (χ2v) is 24.2. The van der Waals surface area contributed by atoms with E-state index in [0.717, 1.165) is 95.1 Å². The summed E-state index contributed by atoms with van der Waals surface area (Å²) >= 11 is 3.12. The van der Waals surface area contributed by atoms with Crippen molar-refractivity contribution in [3.8, 4) is 0 Å². The van der Waals surface area contributed by atoms with Crippen molar-refractivity contribution in [3.63, 3.8) is 0 Å². The number of ether oxygens (including phenoxy) is 2. The zero-order valence-electron chi connectivity index (χ0n) is 55.2.